The monoisotopic (exact) mass is 332 g/mol. The number of hydrogen-bond donors (Lipinski definition) is 3. The Balaban J connectivity index is 2.02. The number of benzene rings is 1. The topological polar surface area (TPSA) is 87.1 Å². The van der Waals surface area contributed by atoms with Gasteiger partial charge in [-0.3, -0.25) is 4.79 Å². The number of carbonyl (C=O) groups is 1. The van der Waals surface area contributed by atoms with E-state index in [0.717, 1.165) is 17.9 Å². The van der Waals surface area contributed by atoms with E-state index in [2.05, 4.69) is 20.6 Å². The van der Waals surface area contributed by atoms with Gasteiger partial charge in [-0.05, 0) is 42.7 Å². The lowest BCUT2D eigenvalue weighted by Gasteiger charge is -2.16. The second-order valence-electron chi connectivity index (χ2n) is 4.91. The molecule has 1 amide bonds. The number of anilines is 2. The summed E-state index contributed by atoms with van der Waals surface area (Å²) in [5, 5.41) is 15.2. The van der Waals surface area contributed by atoms with Crippen molar-refractivity contribution < 1.29 is 9.90 Å². The van der Waals surface area contributed by atoms with Crippen LogP contribution in [0.1, 0.15) is 16.8 Å². The fourth-order valence-corrected chi connectivity index (χ4v) is 2.49. The molecule has 0 radical (unpaired) electrons. The molecular weight excluding hydrogens is 312 g/mol. The van der Waals surface area contributed by atoms with Crippen LogP contribution in [0, 0.1) is 0 Å². The third-order valence-corrected chi connectivity index (χ3v) is 3.82. The molecule has 1 heterocycles. The van der Waals surface area contributed by atoms with Gasteiger partial charge in [-0.1, -0.05) is 6.07 Å². The number of amides is 1. The highest BCUT2D eigenvalue weighted by Crippen LogP contribution is 2.14. The maximum absolute atomic E-state index is 12.3. The fraction of sp³-hybridized carbons (Fsp3) is 0.312. The van der Waals surface area contributed by atoms with Gasteiger partial charge >= 0.3 is 0 Å². The molecule has 1 unspecified atom stereocenters. The number of aliphatic hydroxyl groups excluding tert-OH is 1. The molecule has 1 aromatic carbocycles. The normalized spacial score (nSPS) is 11.7. The standard InChI is InChI=1S/C16H20N4O2S/c1-23-9-6-14(11-21)19-15(22)12-4-2-5-13(10-12)20-16-17-7-3-8-18-16/h2-5,7-8,10,14,21H,6,9,11H2,1H3,(H,19,22)(H,17,18,20). The third-order valence-electron chi connectivity index (χ3n) is 3.17. The smallest absolute Gasteiger partial charge is 0.251 e. The Morgan fingerprint density at radius 1 is 1.30 bits per heavy atom. The molecule has 2 rings (SSSR count). The predicted molar refractivity (Wildman–Crippen MR) is 93.1 cm³/mol. The molecule has 0 fully saturated rings. The Morgan fingerprint density at radius 3 is 2.78 bits per heavy atom. The van der Waals surface area contributed by atoms with E-state index in [0.29, 0.717) is 11.5 Å². The van der Waals surface area contributed by atoms with Gasteiger partial charge in [0, 0.05) is 23.6 Å². The molecule has 0 saturated heterocycles. The van der Waals surface area contributed by atoms with Crippen LogP contribution in [0.25, 0.3) is 0 Å². The Morgan fingerprint density at radius 2 is 2.09 bits per heavy atom. The van der Waals surface area contributed by atoms with Crippen molar-refractivity contribution in [1.82, 2.24) is 15.3 Å². The van der Waals surface area contributed by atoms with Gasteiger partial charge < -0.3 is 15.7 Å². The molecular formula is C16H20N4O2S. The van der Waals surface area contributed by atoms with Gasteiger partial charge in [0.1, 0.15) is 0 Å². The average Bonchev–Trinajstić information content (AvgIpc) is 2.59. The number of aromatic nitrogens is 2. The van der Waals surface area contributed by atoms with Gasteiger partial charge in [-0.2, -0.15) is 11.8 Å². The molecule has 6 nitrogen and oxygen atoms in total. The highest BCUT2D eigenvalue weighted by molar-refractivity contribution is 7.98. The van der Waals surface area contributed by atoms with Crippen molar-refractivity contribution in [2.75, 3.05) is 23.9 Å². The molecule has 0 spiro atoms. The van der Waals surface area contributed by atoms with E-state index >= 15 is 0 Å². The zero-order valence-corrected chi connectivity index (χ0v) is 13.7. The van der Waals surface area contributed by atoms with Crippen molar-refractivity contribution >= 4 is 29.3 Å². The first-order chi connectivity index (χ1) is 11.2. The molecule has 0 bridgehead atoms. The van der Waals surface area contributed by atoms with E-state index in [9.17, 15) is 9.90 Å². The quantitative estimate of drug-likeness (QED) is 0.686. The van der Waals surface area contributed by atoms with E-state index in [-0.39, 0.29) is 18.6 Å². The molecule has 2 aromatic rings. The van der Waals surface area contributed by atoms with Crippen LogP contribution in [0.3, 0.4) is 0 Å². The molecule has 3 N–H and O–H groups in total. The predicted octanol–water partition coefficient (Wildman–Crippen LogP) is 2.06. The fourth-order valence-electron chi connectivity index (χ4n) is 1.97. The van der Waals surface area contributed by atoms with Crippen molar-refractivity contribution in [1.29, 1.82) is 0 Å². The van der Waals surface area contributed by atoms with E-state index in [1.54, 1.807) is 48.4 Å². The van der Waals surface area contributed by atoms with Crippen molar-refractivity contribution in [3.63, 3.8) is 0 Å². The number of thioether (sulfide) groups is 1. The van der Waals surface area contributed by atoms with Crippen molar-refractivity contribution in [2.45, 2.75) is 12.5 Å². The van der Waals surface area contributed by atoms with E-state index in [1.807, 2.05) is 12.3 Å². The molecule has 0 saturated carbocycles. The lowest BCUT2D eigenvalue weighted by atomic mass is 10.1. The Kier molecular flexibility index (Phi) is 6.83. The first-order valence-corrected chi connectivity index (χ1v) is 8.67. The number of rotatable bonds is 8. The number of hydrogen-bond acceptors (Lipinski definition) is 6. The molecule has 122 valence electrons. The summed E-state index contributed by atoms with van der Waals surface area (Å²) >= 11 is 1.69. The van der Waals surface area contributed by atoms with Gasteiger partial charge in [-0.15, -0.1) is 0 Å². The zero-order chi connectivity index (χ0) is 16.5. The summed E-state index contributed by atoms with van der Waals surface area (Å²) in [5.41, 5.74) is 1.25. The lowest BCUT2D eigenvalue weighted by Crippen LogP contribution is -2.37. The van der Waals surface area contributed by atoms with Gasteiger partial charge in [0.2, 0.25) is 5.95 Å². The third kappa shape index (κ3) is 5.54. The van der Waals surface area contributed by atoms with Crippen LogP contribution in [0.4, 0.5) is 11.6 Å². The van der Waals surface area contributed by atoms with Gasteiger partial charge in [-0.25, -0.2) is 9.97 Å². The van der Waals surface area contributed by atoms with E-state index in [1.165, 1.54) is 0 Å². The Hall–Kier alpha value is -2.12. The Labute approximate surface area is 139 Å². The minimum Gasteiger partial charge on any atom is -0.394 e. The summed E-state index contributed by atoms with van der Waals surface area (Å²) < 4.78 is 0. The van der Waals surface area contributed by atoms with Gasteiger partial charge in [0.05, 0.1) is 12.6 Å². The summed E-state index contributed by atoms with van der Waals surface area (Å²) in [6.45, 7) is -0.0674. The minimum atomic E-state index is -0.232. The largest absolute Gasteiger partial charge is 0.394 e. The second kappa shape index (κ2) is 9.12. The molecule has 1 aromatic heterocycles. The molecule has 0 aliphatic rings. The number of aliphatic hydroxyl groups is 1. The van der Waals surface area contributed by atoms with Crippen LogP contribution < -0.4 is 10.6 Å². The zero-order valence-electron chi connectivity index (χ0n) is 12.9. The highest BCUT2D eigenvalue weighted by atomic mass is 32.2. The molecule has 23 heavy (non-hydrogen) atoms. The summed E-state index contributed by atoms with van der Waals surface area (Å²) in [6, 6.07) is 8.59. The average molecular weight is 332 g/mol. The molecule has 0 aliphatic heterocycles. The number of nitrogens with one attached hydrogen (secondary N) is 2. The van der Waals surface area contributed by atoms with Crippen LogP contribution in [-0.2, 0) is 0 Å². The van der Waals surface area contributed by atoms with Gasteiger partial charge in [0.25, 0.3) is 5.91 Å². The highest BCUT2D eigenvalue weighted by Gasteiger charge is 2.13. The second-order valence-corrected chi connectivity index (χ2v) is 5.90. The van der Waals surface area contributed by atoms with E-state index < -0.39 is 0 Å². The summed E-state index contributed by atoms with van der Waals surface area (Å²) in [6.07, 6.45) is 6.02. The molecule has 1 atom stereocenters. The van der Waals surface area contributed by atoms with Crippen LogP contribution in [-0.4, -0.2) is 45.6 Å². The lowest BCUT2D eigenvalue weighted by molar-refractivity contribution is 0.0915. The first-order valence-electron chi connectivity index (χ1n) is 7.27. The minimum absolute atomic E-state index is 0.0674. The maximum Gasteiger partial charge on any atom is 0.251 e. The van der Waals surface area contributed by atoms with Crippen LogP contribution in [0.5, 0.6) is 0 Å². The van der Waals surface area contributed by atoms with E-state index in [4.69, 9.17) is 0 Å². The SMILES string of the molecule is CSCCC(CO)NC(=O)c1cccc(Nc2ncccn2)c1. The number of carbonyl (C=O) groups excluding carboxylic acids is 1. The van der Waals surface area contributed by atoms with Crippen molar-refractivity contribution in [3.05, 3.63) is 48.3 Å². The van der Waals surface area contributed by atoms with Crippen molar-refractivity contribution in [2.24, 2.45) is 0 Å². The van der Waals surface area contributed by atoms with Crippen LogP contribution >= 0.6 is 11.8 Å². The maximum atomic E-state index is 12.3. The summed E-state index contributed by atoms with van der Waals surface area (Å²) in [7, 11) is 0. The molecule has 0 aliphatic carbocycles. The van der Waals surface area contributed by atoms with Crippen molar-refractivity contribution in [3.8, 4) is 0 Å². The summed E-state index contributed by atoms with van der Waals surface area (Å²) in [5.74, 6) is 1.15. The van der Waals surface area contributed by atoms with Crippen LogP contribution in [0.15, 0.2) is 42.7 Å². The first kappa shape index (κ1) is 17.2. The van der Waals surface area contributed by atoms with Crippen LogP contribution in [0.2, 0.25) is 0 Å². The Bertz CT molecular complexity index is 624. The number of nitrogens with zero attached hydrogens (tertiary/aromatic N) is 2. The summed E-state index contributed by atoms with van der Waals surface area (Å²) in [4.78, 5) is 20.5. The van der Waals surface area contributed by atoms with Gasteiger partial charge in [0.15, 0.2) is 0 Å². The molecule has 7 heteroatoms.